The molecule has 0 unspecified atom stereocenters. The number of nitrogens with zero attached hydrogens (tertiary/aromatic N) is 2. The van der Waals surface area contributed by atoms with Crippen LogP contribution in [-0.4, -0.2) is 10.8 Å². The van der Waals surface area contributed by atoms with Gasteiger partial charge < -0.3 is 5.11 Å². The molecule has 3 nitrogen and oxygen atoms in total. The van der Waals surface area contributed by atoms with Gasteiger partial charge in [-0.3, -0.25) is 0 Å². The third-order valence-corrected chi connectivity index (χ3v) is 3.54. The van der Waals surface area contributed by atoms with Crippen LogP contribution in [0.15, 0.2) is 90.0 Å². The van der Waals surface area contributed by atoms with Gasteiger partial charge >= 0.3 is 0 Å². The zero-order chi connectivity index (χ0) is 16.1. The number of benzene rings is 3. The highest BCUT2D eigenvalue weighted by atomic mass is 16.3. The summed E-state index contributed by atoms with van der Waals surface area (Å²) in [6.07, 6.45) is 0. The fourth-order valence-electron chi connectivity index (χ4n) is 2.31. The van der Waals surface area contributed by atoms with Crippen molar-refractivity contribution in [1.82, 2.24) is 0 Å². The summed E-state index contributed by atoms with van der Waals surface area (Å²) in [6, 6.07) is 27.1. The van der Waals surface area contributed by atoms with E-state index in [2.05, 4.69) is 0 Å². The molecule has 0 fully saturated rings. The molecule has 3 rings (SSSR count). The van der Waals surface area contributed by atoms with Crippen molar-refractivity contribution in [3.63, 3.8) is 0 Å². The fourth-order valence-corrected chi connectivity index (χ4v) is 2.31. The molecule has 114 valence electrons. The number of aromatic hydroxyl groups is 1. The van der Waals surface area contributed by atoms with Gasteiger partial charge in [0.1, 0.15) is 5.75 Å². The van der Waals surface area contributed by atoms with Crippen LogP contribution >= 0.6 is 0 Å². The summed E-state index contributed by atoms with van der Waals surface area (Å²) in [5, 5.41) is 16.1. The minimum absolute atomic E-state index is 0.254. The molecule has 0 aliphatic rings. The Hall–Kier alpha value is -3.07. The van der Waals surface area contributed by atoms with Crippen molar-refractivity contribution in [3.8, 4) is 5.75 Å². The summed E-state index contributed by atoms with van der Waals surface area (Å²) < 4.78 is 0. The summed E-state index contributed by atoms with van der Waals surface area (Å²) in [5.41, 5.74) is 3.84. The number of anilines is 2. The Labute approximate surface area is 136 Å². The van der Waals surface area contributed by atoms with E-state index in [1.54, 1.807) is 12.1 Å². The molecule has 0 saturated heterocycles. The molecule has 0 radical (unpaired) electrons. The van der Waals surface area contributed by atoms with Crippen LogP contribution in [0.25, 0.3) is 0 Å². The van der Waals surface area contributed by atoms with E-state index in [0.717, 1.165) is 22.6 Å². The van der Waals surface area contributed by atoms with Crippen LogP contribution in [-0.2, 0) is 0 Å². The fraction of sp³-hybridized carbons (Fsp3) is 0.0500. The van der Waals surface area contributed by atoms with Gasteiger partial charge in [-0.15, -0.1) is 0 Å². The van der Waals surface area contributed by atoms with Gasteiger partial charge in [0.05, 0.1) is 17.1 Å². The van der Waals surface area contributed by atoms with E-state index in [-0.39, 0.29) is 5.75 Å². The molecule has 0 atom stereocenters. The van der Waals surface area contributed by atoms with Crippen LogP contribution in [0.4, 0.5) is 11.4 Å². The smallest absolute Gasteiger partial charge is 0.115 e. The molecule has 0 heterocycles. The summed E-state index contributed by atoms with van der Waals surface area (Å²) >= 11 is 0. The number of phenolic OH excluding ortho intramolecular Hbond substituents is 1. The number of rotatable bonds is 4. The molecule has 0 amide bonds. The van der Waals surface area contributed by atoms with Gasteiger partial charge in [-0.25, -0.2) is 5.01 Å². The van der Waals surface area contributed by atoms with Crippen molar-refractivity contribution < 1.29 is 5.11 Å². The van der Waals surface area contributed by atoms with Crippen molar-refractivity contribution >= 4 is 17.1 Å². The van der Waals surface area contributed by atoms with Gasteiger partial charge in [-0.2, -0.15) is 5.10 Å². The Balaban J connectivity index is 2.02. The van der Waals surface area contributed by atoms with Crippen LogP contribution in [0, 0.1) is 0 Å². The topological polar surface area (TPSA) is 35.8 Å². The van der Waals surface area contributed by atoms with Crippen LogP contribution in [0.2, 0.25) is 0 Å². The zero-order valence-corrected chi connectivity index (χ0v) is 12.9. The van der Waals surface area contributed by atoms with Crippen molar-refractivity contribution in [3.05, 3.63) is 90.5 Å². The highest BCUT2D eigenvalue weighted by molar-refractivity contribution is 5.99. The van der Waals surface area contributed by atoms with Crippen molar-refractivity contribution in [2.45, 2.75) is 6.92 Å². The monoisotopic (exact) mass is 302 g/mol. The third kappa shape index (κ3) is 3.58. The van der Waals surface area contributed by atoms with E-state index < -0.39 is 0 Å². The standard InChI is InChI=1S/C20H18N2O/c1-16(17-12-14-20(23)15-13-17)21-22(18-8-4-2-5-9-18)19-10-6-3-7-11-19/h2-15,23H,1H3/b21-16+. The normalized spacial score (nSPS) is 11.3. The zero-order valence-electron chi connectivity index (χ0n) is 12.9. The van der Waals surface area contributed by atoms with Crippen LogP contribution in [0.5, 0.6) is 5.75 Å². The number of para-hydroxylation sites is 2. The Morgan fingerprint density at radius 3 is 1.70 bits per heavy atom. The molecule has 3 aromatic carbocycles. The first-order chi connectivity index (χ1) is 11.2. The number of hydrazone groups is 1. The Morgan fingerprint density at radius 2 is 1.22 bits per heavy atom. The highest BCUT2D eigenvalue weighted by Gasteiger charge is 2.08. The van der Waals surface area contributed by atoms with Gasteiger partial charge in [-0.1, -0.05) is 36.4 Å². The molecule has 0 spiro atoms. The largest absolute Gasteiger partial charge is 0.508 e. The SMILES string of the molecule is C/C(=N\N(c1ccccc1)c1ccccc1)c1ccc(O)cc1. The van der Waals surface area contributed by atoms with Crippen LogP contribution in [0.3, 0.4) is 0 Å². The predicted molar refractivity (Wildman–Crippen MR) is 95.3 cm³/mol. The summed E-state index contributed by atoms with van der Waals surface area (Å²) in [7, 11) is 0. The second-order valence-corrected chi connectivity index (χ2v) is 5.22. The summed E-state index contributed by atoms with van der Waals surface area (Å²) in [5.74, 6) is 0.254. The first-order valence-corrected chi connectivity index (χ1v) is 7.49. The maximum absolute atomic E-state index is 9.43. The first kappa shape index (κ1) is 14.9. The molecule has 3 heteroatoms. The second kappa shape index (κ2) is 6.79. The van der Waals surface area contributed by atoms with Gasteiger partial charge in [0.25, 0.3) is 0 Å². The molecule has 0 aliphatic heterocycles. The molecule has 0 bridgehead atoms. The third-order valence-electron chi connectivity index (χ3n) is 3.54. The Kier molecular flexibility index (Phi) is 4.39. The summed E-state index contributed by atoms with van der Waals surface area (Å²) in [6.45, 7) is 1.96. The molecule has 0 aromatic heterocycles. The average Bonchev–Trinajstić information content (AvgIpc) is 2.61. The van der Waals surface area contributed by atoms with Gasteiger partial charge in [0.15, 0.2) is 0 Å². The van der Waals surface area contributed by atoms with Crippen molar-refractivity contribution in [2.24, 2.45) is 5.10 Å². The Bertz CT molecular complexity index is 741. The first-order valence-electron chi connectivity index (χ1n) is 7.49. The van der Waals surface area contributed by atoms with E-state index >= 15 is 0 Å². The van der Waals surface area contributed by atoms with Gasteiger partial charge in [0, 0.05) is 0 Å². The molecule has 3 aromatic rings. The second-order valence-electron chi connectivity index (χ2n) is 5.22. The summed E-state index contributed by atoms with van der Waals surface area (Å²) in [4.78, 5) is 0. The maximum Gasteiger partial charge on any atom is 0.115 e. The van der Waals surface area contributed by atoms with E-state index in [1.807, 2.05) is 84.7 Å². The van der Waals surface area contributed by atoms with E-state index in [0.29, 0.717) is 0 Å². The predicted octanol–water partition coefficient (Wildman–Crippen LogP) is 4.95. The molecule has 23 heavy (non-hydrogen) atoms. The Morgan fingerprint density at radius 1 is 0.739 bits per heavy atom. The lowest BCUT2D eigenvalue weighted by atomic mass is 10.1. The van der Waals surface area contributed by atoms with E-state index in [1.165, 1.54) is 0 Å². The average molecular weight is 302 g/mol. The van der Waals surface area contributed by atoms with Gasteiger partial charge in [0.2, 0.25) is 0 Å². The quantitative estimate of drug-likeness (QED) is 0.546. The maximum atomic E-state index is 9.43. The number of hydrogen-bond donors (Lipinski definition) is 1. The van der Waals surface area contributed by atoms with Crippen molar-refractivity contribution in [2.75, 3.05) is 5.01 Å². The van der Waals surface area contributed by atoms with E-state index in [4.69, 9.17) is 5.10 Å². The number of hydrogen-bond acceptors (Lipinski definition) is 3. The lowest BCUT2D eigenvalue weighted by molar-refractivity contribution is 0.475. The molecule has 1 N–H and O–H groups in total. The van der Waals surface area contributed by atoms with Crippen LogP contribution < -0.4 is 5.01 Å². The minimum Gasteiger partial charge on any atom is -0.508 e. The molecule has 0 aliphatic carbocycles. The van der Waals surface area contributed by atoms with Crippen molar-refractivity contribution in [1.29, 1.82) is 0 Å². The highest BCUT2D eigenvalue weighted by Crippen LogP contribution is 2.26. The molecular weight excluding hydrogens is 284 g/mol. The molecule has 0 saturated carbocycles. The van der Waals surface area contributed by atoms with Crippen LogP contribution in [0.1, 0.15) is 12.5 Å². The lowest BCUT2D eigenvalue weighted by Gasteiger charge is -2.20. The lowest BCUT2D eigenvalue weighted by Crippen LogP contribution is -2.12. The minimum atomic E-state index is 0.254. The van der Waals surface area contributed by atoms with Gasteiger partial charge in [-0.05, 0) is 61.0 Å². The van der Waals surface area contributed by atoms with E-state index in [9.17, 15) is 5.11 Å². The number of phenols is 1. The molecular formula is C20H18N2O.